The van der Waals surface area contributed by atoms with E-state index in [1.54, 1.807) is 4.90 Å². The van der Waals surface area contributed by atoms with E-state index < -0.39 is 0 Å². The Morgan fingerprint density at radius 1 is 1.09 bits per heavy atom. The molecule has 33 heavy (non-hydrogen) atoms. The van der Waals surface area contributed by atoms with E-state index in [0.29, 0.717) is 22.4 Å². The topological polar surface area (TPSA) is 54.9 Å². The number of benzene rings is 3. The van der Waals surface area contributed by atoms with E-state index in [4.69, 9.17) is 26.1 Å². The normalized spacial score (nSPS) is 14.6. The summed E-state index contributed by atoms with van der Waals surface area (Å²) < 4.78 is 12.3. The molecule has 0 unspecified atom stereocenters. The lowest BCUT2D eigenvalue weighted by atomic mass is 10.1. The summed E-state index contributed by atoms with van der Waals surface area (Å²) >= 11 is 7.62. The molecule has 3 aromatic carbocycles. The van der Waals surface area contributed by atoms with E-state index in [9.17, 15) is 4.79 Å². The van der Waals surface area contributed by atoms with Crippen LogP contribution < -0.4 is 9.64 Å². The highest BCUT2D eigenvalue weighted by atomic mass is 35.5. The Hall–Kier alpha value is -2.71. The zero-order chi connectivity index (χ0) is 22.6. The molecule has 8 heteroatoms. The first kappa shape index (κ1) is 22.1. The van der Waals surface area contributed by atoms with Crippen LogP contribution in [0.2, 0.25) is 5.02 Å². The van der Waals surface area contributed by atoms with Crippen LogP contribution in [-0.2, 0) is 9.53 Å². The van der Waals surface area contributed by atoms with Crippen LogP contribution in [0.15, 0.2) is 60.7 Å². The summed E-state index contributed by atoms with van der Waals surface area (Å²) in [5, 5.41) is 3.53. The first-order valence-corrected chi connectivity index (χ1v) is 12.1. The van der Waals surface area contributed by atoms with Crippen molar-refractivity contribution in [3.8, 4) is 5.75 Å². The van der Waals surface area contributed by atoms with E-state index in [1.807, 2.05) is 54.6 Å². The summed E-state index contributed by atoms with van der Waals surface area (Å²) in [6, 6.07) is 19.5. The van der Waals surface area contributed by atoms with Crippen LogP contribution in [-0.4, -0.2) is 61.8 Å². The van der Waals surface area contributed by atoms with Crippen molar-refractivity contribution in [2.24, 2.45) is 0 Å². The van der Waals surface area contributed by atoms with Gasteiger partial charge in [0.1, 0.15) is 5.75 Å². The molecule has 1 amide bonds. The van der Waals surface area contributed by atoms with Gasteiger partial charge in [-0.25, -0.2) is 4.98 Å². The Morgan fingerprint density at radius 3 is 2.76 bits per heavy atom. The van der Waals surface area contributed by atoms with Gasteiger partial charge in [0.2, 0.25) is 0 Å². The zero-order valence-electron chi connectivity index (χ0n) is 18.1. The van der Waals surface area contributed by atoms with Crippen LogP contribution >= 0.6 is 22.9 Å². The second-order valence-corrected chi connectivity index (χ2v) is 9.35. The number of hydrogen-bond acceptors (Lipinski definition) is 6. The maximum Gasteiger partial charge on any atom is 0.266 e. The van der Waals surface area contributed by atoms with Gasteiger partial charge < -0.3 is 9.47 Å². The molecule has 1 saturated heterocycles. The quantitative estimate of drug-likeness (QED) is 0.378. The minimum absolute atomic E-state index is 0.0574. The highest BCUT2D eigenvalue weighted by Gasteiger charge is 2.22. The third kappa shape index (κ3) is 5.28. The fourth-order valence-corrected chi connectivity index (χ4v) is 5.16. The number of thiazole rings is 1. The Labute approximate surface area is 201 Å². The van der Waals surface area contributed by atoms with Gasteiger partial charge in [-0.05, 0) is 41.1 Å². The molecule has 5 rings (SSSR count). The van der Waals surface area contributed by atoms with Gasteiger partial charge in [-0.15, -0.1) is 0 Å². The lowest BCUT2D eigenvalue weighted by Crippen LogP contribution is -2.44. The molecule has 1 aromatic heterocycles. The van der Waals surface area contributed by atoms with Crippen LogP contribution in [0, 0.1) is 0 Å². The number of nitrogens with zero attached hydrogens (tertiary/aromatic N) is 3. The number of halogens is 1. The van der Waals surface area contributed by atoms with Gasteiger partial charge in [0.25, 0.3) is 5.91 Å². The number of carbonyl (C=O) groups is 1. The third-order valence-electron chi connectivity index (χ3n) is 5.70. The molecule has 0 N–H and O–H groups in total. The minimum Gasteiger partial charge on any atom is -0.484 e. The van der Waals surface area contributed by atoms with Crippen molar-refractivity contribution in [2.75, 3.05) is 50.9 Å². The van der Waals surface area contributed by atoms with Crippen LogP contribution in [0.1, 0.15) is 0 Å². The Morgan fingerprint density at radius 2 is 1.91 bits per heavy atom. The number of anilines is 1. The van der Waals surface area contributed by atoms with Crippen molar-refractivity contribution in [1.29, 1.82) is 0 Å². The predicted molar refractivity (Wildman–Crippen MR) is 134 cm³/mol. The van der Waals surface area contributed by atoms with Gasteiger partial charge in [0.05, 0.1) is 23.4 Å². The van der Waals surface area contributed by atoms with Crippen molar-refractivity contribution in [2.45, 2.75) is 0 Å². The van der Waals surface area contributed by atoms with Gasteiger partial charge in [0, 0.05) is 31.2 Å². The summed E-state index contributed by atoms with van der Waals surface area (Å²) in [5.74, 6) is 0.549. The molecule has 6 nitrogen and oxygen atoms in total. The standard InChI is InChI=1S/C25H24ClN3O3S/c26-20-6-8-22-23(16-20)33-25(27-22)29(10-9-28-11-13-31-14-12-28)24(30)17-32-21-7-5-18-3-1-2-4-19(18)15-21/h1-8,15-16H,9-14,17H2. The largest absolute Gasteiger partial charge is 0.484 e. The lowest BCUT2D eigenvalue weighted by Gasteiger charge is -2.29. The number of hydrogen-bond donors (Lipinski definition) is 0. The maximum absolute atomic E-state index is 13.3. The third-order valence-corrected chi connectivity index (χ3v) is 6.97. The smallest absolute Gasteiger partial charge is 0.266 e. The van der Waals surface area contributed by atoms with Gasteiger partial charge in [-0.1, -0.05) is 53.3 Å². The summed E-state index contributed by atoms with van der Waals surface area (Å²) in [6.07, 6.45) is 0. The highest BCUT2D eigenvalue weighted by molar-refractivity contribution is 7.22. The summed E-state index contributed by atoms with van der Waals surface area (Å²) in [6.45, 7) is 4.40. The molecule has 0 radical (unpaired) electrons. The minimum atomic E-state index is -0.124. The fourth-order valence-electron chi connectivity index (χ4n) is 3.88. The number of rotatable bonds is 7. The van der Waals surface area contributed by atoms with E-state index >= 15 is 0 Å². The number of amides is 1. The van der Waals surface area contributed by atoms with Gasteiger partial charge in [0.15, 0.2) is 11.7 Å². The summed E-state index contributed by atoms with van der Waals surface area (Å²) in [5.41, 5.74) is 0.832. The van der Waals surface area contributed by atoms with E-state index in [-0.39, 0.29) is 12.5 Å². The predicted octanol–water partition coefficient (Wildman–Crippen LogP) is 4.85. The molecule has 2 heterocycles. The van der Waals surface area contributed by atoms with Crippen LogP contribution in [0.4, 0.5) is 5.13 Å². The van der Waals surface area contributed by atoms with Crippen molar-refractivity contribution in [1.82, 2.24) is 9.88 Å². The fraction of sp³-hybridized carbons (Fsp3) is 0.280. The number of morpholine rings is 1. The van der Waals surface area contributed by atoms with E-state index in [2.05, 4.69) is 11.0 Å². The Kier molecular flexibility index (Phi) is 6.73. The van der Waals surface area contributed by atoms with Crippen LogP contribution in [0.5, 0.6) is 5.75 Å². The van der Waals surface area contributed by atoms with Crippen molar-refractivity contribution >= 4 is 55.0 Å². The summed E-state index contributed by atoms with van der Waals surface area (Å²) in [4.78, 5) is 22.0. The monoisotopic (exact) mass is 481 g/mol. The zero-order valence-corrected chi connectivity index (χ0v) is 19.6. The molecule has 4 aromatic rings. The molecule has 1 fully saturated rings. The average molecular weight is 482 g/mol. The molecular formula is C25H24ClN3O3S. The Balaban J connectivity index is 1.33. The number of fused-ring (bicyclic) bond motifs is 2. The first-order valence-electron chi connectivity index (χ1n) is 10.9. The van der Waals surface area contributed by atoms with Crippen LogP contribution in [0.3, 0.4) is 0 Å². The van der Waals surface area contributed by atoms with Gasteiger partial charge in [-0.3, -0.25) is 14.6 Å². The van der Waals surface area contributed by atoms with Gasteiger partial charge in [-0.2, -0.15) is 0 Å². The SMILES string of the molecule is O=C(COc1ccc2ccccc2c1)N(CCN1CCOCC1)c1nc2ccc(Cl)cc2s1. The molecule has 0 aliphatic carbocycles. The molecule has 0 spiro atoms. The van der Waals surface area contributed by atoms with Gasteiger partial charge >= 0.3 is 0 Å². The molecule has 0 bridgehead atoms. The van der Waals surface area contributed by atoms with E-state index in [1.165, 1.54) is 11.3 Å². The van der Waals surface area contributed by atoms with Crippen molar-refractivity contribution in [3.05, 3.63) is 65.7 Å². The maximum atomic E-state index is 13.3. The van der Waals surface area contributed by atoms with Crippen molar-refractivity contribution < 1.29 is 14.3 Å². The Bertz CT molecular complexity index is 1270. The lowest BCUT2D eigenvalue weighted by molar-refractivity contribution is -0.120. The molecule has 1 aliphatic rings. The molecule has 0 saturated carbocycles. The summed E-state index contributed by atoms with van der Waals surface area (Å²) in [7, 11) is 0. The first-order chi connectivity index (χ1) is 16.2. The second kappa shape index (κ2) is 10.1. The van der Waals surface area contributed by atoms with Crippen molar-refractivity contribution in [3.63, 3.8) is 0 Å². The second-order valence-electron chi connectivity index (χ2n) is 7.91. The number of aromatic nitrogens is 1. The number of ether oxygens (including phenoxy) is 2. The van der Waals surface area contributed by atoms with Crippen LogP contribution in [0.25, 0.3) is 21.0 Å². The molecular weight excluding hydrogens is 458 g/mol. The molecule has 170 valence electrons. The highest BCUT2D eigenvalue weighted by Crippen LogP contribution is 2.31. The molecule has 0 atom stereocenters. The number of carbonyl (C=O) groups excluding carboxylic acids is 1. The van der Waals surface area contributed by atoms with E-state index in [0.717, 1.165) is 53.8 Å². The molecule has 1 aliphatic heterocycles. The average Bonchev–Trinajstić information content (AvgIpc) is 3.26.